The monoisotopic (exact) mass is 410 g/mol. The fourth-order valence-electron chi connectivity index (χ4n) is 4.26. The number of likely N-dealkylation sites (tertiary alicyclic amines) is 1. The van der Waals surface area contributed by atoms with E-state index in [4.69, 9.17) is 0 Å². The number of anilines is 1. The lowest BCUT2D eigenvalue weighted by atomic mass is 10.1. The first-order valence-electron chi connectivity index (χ1n) is 9.93. The van der Waals surface area contributed by atoms with E-state index < -0.39 is 12.2 Å². The summed E-state index contributed by atoms with van der Waals surface area (Å²) in [6.45, 7) is 4.74. The van der Waals surface area contributed by atoms with Gasteiger partial charge < -0.3 is 10.2 Å². The number of nitrogens with one attached hydrogen (secondary N) is 1. The molecule has 0 bridgehead atoms. The third-order valence-corrected chi connectivity index (χ3v) is 5.63. The Labute approximate surface area is 166 Å². The maximum absolute atomic E-state index is 13.5. The molecule has 10 heteroatoms. The Kier molecular flexibility index (Phi) is 5.04. The Morgan fingerprint density at radius 3 is 2.86 bits per heavy atom. The molecule has 2 aliphatic rings. The molecule has 4 heterocycles. The molecule has 29 heavy (non-hydrogen) atoms. The Morgan fingerprint density at radius 1 is 1.38 bits per heavy atom. The number of nitrogens with zero attached hydrogens (tertiary/aromatic N) is 5. The van der Waals surface area contributed by atoms with Gasteiger partial charge in [0.1, 0.15) is 5.82 Å². The van der Waals surface area contributed by atoms with Crippen molar-refractivity contribution in [2.45, 2.75) is 70.4 Å². The van der Waals surface area contributed by atoms with Crippen LogP contribution in [0.15, 0.2) is 18.5 Å². The van der Waals surface area contributed by atoms with Crippen LogP contribution in [-0.2, 0) is 11.3 Å². The molecule has 0 radical (unpaired) electrons. The lowest BCUT2D eigenvalue weighted by Crippen LogP contribution is -2.38. The zero-order valence-corrected chi connectivity index (χ0v) is 16.5. The summed E-state index contributed by atoms with van der Waals surface area (Å²) in [5.41, 5.74) is 1.55. The highest BCUT2D eigenvalue weighted by Gasteiger charge is 2.46. The molecule has 0 spiro atoms. The molecular weight excluding hydrogens is 385 g/mol. The third kappa shape index (κ3) is 3.97. The van der Waals surface area contributed by atoms with E-state index in [1.54, 1.807) is 28.8 Å². The number of hydrogen-bond acceptors (Lipinski definition) is 4. The number of carbonyl (C=O) groups is 1. The summed E-state index contributed by atoms with van der Waals surface area (Å²) < 4.78 is 43.2. The summed E-state index contributed by atoms with van der Waals surface area (Å²) in [5, 5.41) is 11.6. The van der Waals surface area contributed by atoms with Crippen molar-refractivity contribution >= 4 is 11.7 Å². The smallest absolute Gasteiger partial charge is 0.368 e. The highest BCUT2D eigenvalue weighted by molar-refractivity contribution is 5.77. The second-order valence-electron chi connectivity index (χ2n) is 8.01. The summed E-state index contributed by atoms with van der Waals surface area (Å²) in [7, 11) is 0. The van der Waals surface area contributed by atoms with Gasteiger partial charge in [0, 0.05) is 37.8 Å². The van der Waals surface area contributed by atoms with E-state index in [-0.39, 0.29) is 24.4 Å². The number of alkyl halides is 3. The molecule has 4 rings (SSSR count). The Balaban J connectivity index is 1.51. The van der Waals surface area contributed by atoms with Gasteiger partial charge in [-0.1, -0.05) is 0 Å². The van der Waals surface area contributed by atoms with Crippen molar-refractivity contribution in [1.29, 1.82) is 0 Å². The average Bonchev–Trinajstić information content (AvgIpc) is 3.36. The Morgan fingerprint density at radius 2 is 2.17 bits per heavy atom. The molecule has 1 saturated heterocycles. The minimum Gasteiger partial charge on any atom is -0.368 e. The molecule has 2 aliphatic heterocycles. The van der Waals surface area contributed by atoms with Gasteiger partial charge in [-0.2, -0.15) is 23.4 Å². The number of carbonyl (C=O) groups excluding carboxylic acids is 1. The first-order chi connectivity index (χ1) is 13.7. The van der Waals surface area contributed by atoms with Crippen molar-refractivity contribution in [3.63, 3.8) is 0 Å². The lowest BCUT2D eigenvalue weighted by Gasteiger charge is -2.31. The summed E-state index contributed by atoms with van der Waals surface area (Å²) in [6.07, 6.45) is 1.01. The highest BCUT2D eigenvalue weighted by Crippen LogP contribution is 2.41. The molecule has 1 unspecified atom stereocenters. The van der Waals surface area contributed by atoms with Crippen molar-refractivity contribution in [1.82, 2.24) is 24.5 Å². The van der Waals surface area contributed by atoms with Crippen molar-refractivity contribution in [2.24, 2.45) is 0 Å². The lowest BCUT2D eigenvalue weighted by molar-refractivity contribution is -0.173. The van der Waals surface area contributed by atoms with Gasteiger partial charge in [-0.05, 0) is 38.7 Å². The third-order valence-electron chi connectivity index (χ3n) is 5.63. The molecule has 0 aromatic carbocycles. The number of amides is 1. The summed E-state index contributed by atoms with van der Waals surface area (Å²) in [4.78, 5) is 14.5. The van der Waals surface area contributed by atoms with Gasteiger partial charge in [-0.25, -0.2) is 4.68 Å². The van der Waals surface area contributed by atoms with Crippen LogP contribution in [0.1, 0.15) is 55.9 Å². The molecular formula is C19H25F3N6O. The number of fused-ring (bicyclic) bond motifs is 1. The SMILES string of the molecule is Cc1cnn(CCC(=O)N2CCCC2c2cc3n(n2)[C@@H](C(F)(F)F)C[C@@H](C)N3)c1. The fraction of sp³-hybridized carbons (Fsp3) is 0.632. The van der Waals surface area contributed by atoms with Crippen molar-refractivity contribution < 1.29 is 18.0 Å². The van der Waals surface area contributed by atoms with Crippen LogP contribution >= 0.6 is 0 Å². The van der Waals surface area contributed by atoms with Gasteiger partial charge in [-0.3, -0.25) is 9.48 Å². The summed E-state index contributed by atoms with van der Waals surface area (Å²) in [6, 6.07) is -0.554. The predicted molar refractivity (Wildman–Crippen MR) is 100 cm³/mol. The van der Waals surface area contributed by atoms with E-state index in [1.807, 2.05) is 13.1 Å². The molecule has 158 valence electrons. The maximum atomic E-state index is 13.5. The number of aromatic nitrogens is 4. The average molecular weight is 410 g/mol. The largest absolute Gasteiger partial charge is 0.410 e. The van der Waals surface area contributed by atoms with Crippen molar-refractivity contribution in [2.75, 3.05) is 11.9 Å². The molecule has 0 aliphatic carbocycles. The minimum atomic E-state index is -4.36. The molecule has 2 aromatic rings. The number of rotatable bonds is 4. The standard InChI is InChI=1S/C19H25F3N6O/c1-12-10-23-26(11-12)7-5-18(29)27-6-3-4-15(27)14-9-17-24-13(2)8-16(19(20,21)22)28(17)25-14/h9-11,13,15-16,24H,3-8H2,1-2H3/t13-,15?,16-/m1/s1. The Hall–Kier alpha value is -2.52. The molecule has 0 saturated carbocycles. The van der Waals surface area contributed by atoms with E-state index >= 15 is 0 Å². The summed E-state index contributed by atoms with van der Waals surface area (Å²) >= 11 is 0. The second kappa shape index (κ2) is 7.38. The minimum absolute atomic E-state index is 0.0275. The van der Waals surface area contributed by atoms with Crippen LogP contribution in [0.2, 0.25) is 0 Å². The zero-order valence-electron chi connectivity index (χ0n) is 16.5. The van der Waals surface area contributed by atoms with Crippen LogP contribution in [0.25, 0.3) is 0 Å². The van der Waals surface area contributed by atoms with Gasteiger partial charge in [0.05, 0.1) is 17.9 Å². The number of aryl methyl sites for hydroxylation is 2. The number of halogens is 3. The van der Waals surface area contributed by atoms with E-state index in [2.05, 4.69) is 15.5 Å². The van der Waals surface area contributed by atoms with Crippen LogP contribution in [0.5, 0.6) is 0 Å². The maximum Gasteiger partial charge on any atom is 0.410 e. The van der Waals surface area contributed by atoms with Crippen LogP contribution in [-0.4, -0.2) is 49.1 Å². The first-order valence-corrected chi connectivity index (χ1v) is 9.93. The van der Waals surface area contributed by atoms with Crippen LogP contribution in [0.3, 0.4) is 0 Å². The van der Waals surface area contributed by atoms with E-state index in [1.165, 1.54) is 0 Å². The zero-order chi connectivity index (χ0) is 20.8. The molecule has 1 fully saturated rings. The van der Waals surface area contributed by atoms with Gasteiger partial charge in [0.15, 0.2) is 6.04 Å². The van der Waals surface area contributed by atoms with Crippen molar-refractivity contribution in [3.8, 4) is 0 Å². The van der Waals surface area contributed by atoms with Crippen molar-refractivity contribution in [3.05, 3.63) is 29.7 Å². The van der Waals surface area contributed by atoms with E-state index in [9.17, 15) is 18.0 Å². The molecule has 3 atom stereocenters. The number of hydrogen-bond donors (Lipinski definition) is 1. The van der Waals surface area contributed by atoms with E-state index in [0.29, 0.717) is 37.4 Å². The molecule has 7 nitrogen and oxygen atoms in total. The fourth-order valence-corrected chi connectivity index (χ4v) is 4.26. The summed E-state index contributed by atoms with van der Waals surface area (Å²) in [5.74, 6) is 0.340. The predicted octanol–water partition coefficient (Wildman–Crippen LogP) is 3.45. The van der Waals surface area contributed by atoms with Gasteiger partial charge in [-0.15, -0.1) is 0 Å². The first kappa shape index (κ1) is 19.8. The van der Waals surface area contributed by atoms with Crippen LogP contribution in [0, 0.1) is 6.92 Å². The highest BCUT2D eigenvalue weighted by atomic mass is 19.4. The van der Waals surface area contributed by atoms with Gasteiger partial charge in [0.2, 0.25) is 5.91 Å². The topological polar surface area (TPSA) is 68.0 Å². The van der Waals surface area contributed by atoms with Gasteiger partial charge >= 0.3 is 6.18 Å². The second-order valence-corrected chi connectivity index (χ2v) is 8.01. The Bertz CT molecular complexity index is 889. The quantitative estimate of drug-likeness (QED) is 0.838. The normalized spacial score (nSPS) is 24.4. The molecule has 2 aromatic heterocycles. The molecule has 1 amide bonds. The van der Waals surface area contributed by atoms with Crippen LogP contribution < -0.4 is 5.32 Å². The molecule has 1 N–H and O–H groups in total. The van der Waals surface area contributed by atoms with Gasteiger partial charge in [0.25, 0.3) is 0 Å². The van der Waals surface area contributed by atoms with Crippen LogP contribution in [0.4, 0.5) is 19.0 Å². The van der Waals surface area contributed by atoms with E-state index in [0.717, 1.165) is 16.7 Å².